The van der Waals surface area contributed by atoms with Gasteiger partial charge >= 0.3 is 6.03 Å². The number of nitrogens with one attached hydrogen (secondary N) is 3. The van der Waals surface area contributed by atoms with Crippen molar-refractivity contribution in [2.45, 2.75) is 134 Å². The minimum atomic E-state index is -1.05. The van der Waals surface area contributed by atoms with Crippen molar-refractivity contribution in [2.24, 2.45) is 52.6 Å². The smallest absolute Gasteiger partial charge is 0.315 e. The maximum Gasteiger partial charge on any atom is 0.315 e. The number of amides is 5. The number of nitrogens with zero attached hydrogens (tertiary/aromatic N) is 1. The number of carbonyl (C=O) groups excluding carboxylic acids is 5. The fraction of sp³-hybridized carbons (Fsp3) is 0.857. The van der Waals surface area contributed by atoms with Gasteiger partial charge in [0.15, 0.2) is 0 Å². The molecule has 8 rings (SSSR count). The summed E-state index contributed by atoms with van der Waals surface area (Å²) in [5, 5.41) is 9.46. The molecule has 7 aliphatic carbocycles. The maximum atomic E-state index is 14.6. The van der Waals surface area contributed by atoms with Crippen LogP contribution in [-0.2, 0) is 19.2 Å². The highest BCUT2D eigenvalue weighted by Crippen LogP contribution is 2.65. The Morgan fingerprint density at radius 1 is 0.844 bits per heavy atom. The van der Waals surface area contributed by atoms with E-state index in [0.29, 0.717) is 30.7 Å². The summed E-state index contributed by atoms with van der Waals surface area (Å²) >= 11 is 0. The average molecular weight is 624 g/mol. The number of fused-ring (bicyclic) bond motifs is 1. The number of Topliss-reactive ketones (excluding diaryl/α,β-unsaturated/α-hetero) is 1. The maximum absolute atomic E-state index is 14.6. The Kier molecular flexibility index (Phi) is 7.95. The van der Waals surface area contributed by atoms with Gasteiger partial charge in [-0.05, 0) is 105 Å². The van der Waals surface area contributed by atoms with E-state index in [-0.39, 0.29) is 52.5 Å². The molecule has 1 saturated heterocycles. The molecule has 0 spiro atoms. The Balaban J connectivity index is 1.09. The van der Waals surface area contributed by atoms with Crippen molar-refractivity contribution in [3.05, 3.63) is 0 Å². The second-order valence-electron chi connectivity index (χ2n) is 16.9. The number of likely N-dealkylation sites (tertiary alicyclic amines) is 1. The lowest BCUT2D eigenvalue weighted by Gasteiger charge is -2.56. The summed E-state index contributed by atoms with van der Waals surface area (Å²) in [5.41, 5.74) is 5.11. The van der Waals surface area contributed by atoms with Gasteiger partial charge in [0.25, 0.3) is 5.91 Å². The van der Waals surface area contributed by atoms with E-state index in [2.05, 4.69) is 29.8 Å². The lowest BCUT2D eigenvalue weighted by molar-refractivity contribution is -0.144. The highest BCUT2D eigenvalue weighted by Gasteiger charge is 2.70. The van der Waals surface area contributed by atoms with E-state index in [0.717, 1.165) is 70.6 Å². The second-order valence-corrected chi connectivity index (χ2v) is 16.9. The first-order valence-corrected chi connectivity index (χ1v) is 18.0. The van der Waals surface area contributed by atoms with Crippen LogP contribution in [0.4, 0.5) is 4.79 Å². The van der Waals surface area contributed by atoms with Gasteiger partial charge in [-0.15, -0.1) is 0 Å². The van der Waals surface area contributed by atoms with Gasteiger partial charge in [0.2, 0.25) is 17.6 Å². The molecule has 7 saturated carbocycles. The fourth-order valence-electron chi connectivity index (χ4n) is 11.2. The summed E-state index contributed by atoms with van der Waals surface area (Å²) in [6, 6.07) is -2.68. The van der Waals surface area contributed by atoms with E-state index >= 15 is 0 Å². The van der Waals surface area contributed by atoms with E-state index in [1.165, 1.54) is 19.3 Å². The molecular formula is C35H53N5O5. The largest absolute Gasteiger partial charge is 0.363 e. The molecular weight excluding hydrogens is 570 g/mol. The van der Waals surface area contributed by atoms with Gasteiger partial charge < -0.3 is 26.6 Å². The summed E-state index contributed by atoms with van der Waals surface area (Å²) in [6.45, 7) is 4.70. The molecule has 10 nitrogen and oxygen atoms in total. The summed E-state index contributed by atoms with van der Waals surface area (Å²) in [5.74, 6) is 0.105. The zero-order valence-corrected chi connectivity index (χ0v) is 27.2. The van der Waals surface area contributed by atoms with Crippen LogP contribution in [0.25, 0.3) is 0 Å². The van der Waals surface area contributed by atoms with Crippen molar-refractivity contribution in [2.75, 3.05) is 6.54 Å². The minimum absolute atomic E-state index is 0.0183. The van der Waals surface area contributed by atoms with Crippen LogP contribution < -0.4 is 21.7 Å². The molecule has 8 aliphatic rings. The summed E-state index contributed by atoms with van der Waals surface area (Å²) in [7, 11) is 0. The highest BCUT2D eigenvalue weighted by molar-refractivity contribution is 6.37. The van der Waals surface area contributed by atoms with Crippen molar-refractivity contribution in [3.8, 4) is 0 Å². The summed E-state index contributed by atoms with van der Waals surface area (Å²) in [4.78, 5) is 68.7. The van der Waals surface area contributed by atoms with Crippen LogP contribution >= 0.6 is 0 Å². The van der Waals surface area contributed by atoms with Gasteiger partial charge in [0, 0.05) is 12.1 Å². The van der Waals surface area contributed by atoms with Crippen molar-refractivity contribution < 1.29 is 24.0 Å². The molecule has 8 fully saturated rings. The van der Waals surface area contributed by atoms with E-state index in [9.17, 15) is 24.0 Å². The topological polar surface area (TPSA) is 151 Å². The molecule has 0 aromatic heterocycles. The van der Waals surface area contributed by atoms with Crippen LogP contribution in [0.3, 0.4) is 0 Å². The van der Waals surface area contributed by atoms with Crippen LogP contribution in [0, 0.1) is 46.8 Å². The van der Waals surface area contributed by atoms with Gasteiger partial charge in [0.05, 0.1) is 6.04 Å². The van der Waals surface area contributed by atoms with Crippen molar-refractivity contribution in [1.82, 2.24) is 20.9 Å². The molecule has 248 valence electrons. The number of urea groups is 1. The number of hydrogen-bond donors (Lipinski definition) is 4. The first kappa shape index (κ1) is 31.0. The van der Waals surface area contributed by atoms with E-state index in [4.69, 9.17) is 5.73 Å². The van der Waals surface area contributed by atoms with Crippen molar-refractivity contribution >= 4 is 29.5 Å². The van der Waals surface area contributed by atoms with Crippen LogP contribution in [0.2, 0.25) is 0 Å². The molecule has 10 heteroatoms. The number of piperidine rings is 1. The van der Waals surface area contributed by atoms with Gasteiger partial charge in [-0.3, -0.25) is 19.2 Å². The Morgan fingerprint density at radius 2 is 1.47 bits per heavy atom. The third kappa shape index (κ3) is 5.77. The van der Waals surface area contributed by atoms with Crippen molar-refractivity contribution in [1.29, 1.82) is 0 Å². The average Bonchev–Trinajstić information content (AvgIpc) is 3.27. The summed E-state index contributed by atoms with van der Waals surface area (Å²) in [6.07, 6.45) is 15.3. The monoisotopic (exact) mass is 623 g/mol. The molecule has 5 unspecified atom stereocenters. The third-order valence-corrected chi connectivity index (χ3v) is 13.5. The number of primary amides is 1. The Hall–Kier alpha value is -2.65. The predicted octanol–water partition coefficient (Wildman–Crippen LogP) is 3.42. The number of carbonyl (C=O) groups is 5. The van der Waals surface area contributed by atoms with Crippen LogP contribution in [0.5, 0.6) is 0 Å². The molecule has 1 aliphatic heterocycles. The highest BCUT2D eigenvalue weighted by atomic mass is 16.2. The zero-order chi connectivity index (χ0) is 31.7. The lowest BCUT2D eigenvalue weighted by atomic mass is 9.53. The van der Waals surface area contributed by atoms with Gasteiger partial charge in [-0.1, -0.05) is 52.4 Å². The Bertz CT molecular complexity index is 1200. The molecule has 45 heavy (non-hydrogen) atoms. The first-order chi connectivity index (χ1) is 21.4. The number of ketones is 1. The standard InChI is InChI=1S/C35H53N5O5/c1-34(2)24-18-40(28(26(24)34)31(43)37-25(29(41)30(36)42)14-19-7-6-8-19)32(44)27(23-9-4-3-5-10-23)38-33(45)39-35-15-20-11-21(16-35)13-22(12-20)17-35/h19-28H,3-18H2,1-2H3,(H2,36,42)(H,37,43)(H2,38,39,45). The number of nitrogens with two attached hydrogens (primary N) is 1. The second kappa shape index (κ2) is 11.5. The minimum Gasteiger partial charge on any atom is -0.363 e. The van der Waals surface area contributed by atoms with E-state index in [1.807, 2.05) is 0 Å². The summed E-state index contributed by atoms with van der Waals surface area (Å²) < 4.78 is 0. The zero-order valence-electron chi connectivity index (χ0n) is 27.2. The molecule has 0 aromatic carbocycles. The quantitative estimate of drug-likeness (QED) is 0.275. The fourth-order valence-corrected chi connectivity index (χ4v) is 11.2. The normalized spacial score (nSPS) is 37.6. The van der Waals surface area contributed by atoms with Crippen LogP contribution in [-0.4, -0.2) is 64.6 Å². The molecule has 5 atom stereocenters. The molecule has 4 bridgehead atoms. The van der Waals surface area contributed by atoms with Gasteiger partial charge in [-0.25, -0.2) is 4.79 Å². The molecule has 0 aromatic rings. The van der Waals surface area contributed by atoms with Gasteiger partial charge in [0.1, 0.15) is 12.1 Å². The predicted molar refractivity (Wildman–Crippen MR) is 167 cm³/mol. The van der Waals surface area contributed by atoms with Gasteiger partial charge in [-0.2, -0.15) is 0 Å². The Labute approximate surface area is 267 Å². The number of hydrogen-bond acceptors (Lipinski definition) is 5. The third-order valence-electron chi connectivity index (χ3n) is 13.5. The Morgan fingerprint density at radius 3 is 2.02 bits per heavy atom. The van der Waals surface area contributed by atoms with E-state index in [1.54, 1.807) is 4.90 Å². The SMILES string of the molecule is CC1(C)C2CN(C(=O)C(NC(=O)NC34CC5CC(CC(C5)C3)C4)C3CCCCC3)C(C(=O)NC(CC3CCC3)C(=O)C(N)=O)C21. The van der Waals surface area contributed by atoms with Crippen LogP contribution in [0.1, 0.15) is 110 Å². The van der Waals surface area contributed by atoms with E-state index < -0.39 is 29.8 Å². The molecule has 0 radical (unpaired) electrons. The molecule has 1 heterocycles. The molecule has 5 N–H and O–H groups in total. The van der Waals surface area contributed by atoms with Crippen LogP contribution in [0.15, 0.2) is 0 Å². The van der Waals surface area contributed by atoms with Crippen molar-refractivity contribution in [3.63, 3.8) is 0 Å². The lowest BCUT2D eigenvalue weighted by Crippen LogP contribution is -2.64. The first-order valence-electron chi connectivity index (χ1n) is 18.0. The number of rotatable bonds is 10. The molecule has 5 amide bonds.